The summed E-state index contributed by atoms with van der Waals surface area (Å²) in [7, 11) is 0. The average Bonchev–Trinajstić information content (AvgIpc) is 2.50. The summed E-state index contributed by atoms with van der Waals surface area (Å²) in [4.78, 5) is 16.4. The lowest BCUT2D eigenvalue weighted by molar-refractivity contribution is -0.139. The summed E-state index contributed by atoms with van der Waals surface area (Å²) in [6, 6.07) is 3.86. The van der Waals surface area contributed by atoms with E-state index >= 15 is 0 Å². The van der Waals surface area contributed by atoms with Crippen LogP contribution in [0.2, 0.25) is 5.02 Å². The van der Waals surface area contributed by atoms with Crippen molar-refractivity contribution in [3.8, 4) is 5.75 Å². The van der Waals surface area contributed by atoms with Crippen LogP contribution in [0, 0.1) is 5.82 Å². The molecular formula is C16H20ClFN2O2. The zero-order valence-electron chi connectivity index (χ0n) is 12.6. The number of ether oxygens (including phenoxy) is 1. The Labute approximate surface area is 135 Å². The van der Waals surface area contributed by atoms with Crippen LogP contribution in [0.1, 0.15) is 6.92 Å². The Hall–Kier alpha value is -1.59. The Morgan fingerprint density at radius 3 is 2.73 bits per heavy atom. The molecule has 1 fully saturated rings. The molecule has 0 unspecified atom stereocenters. The monoisotopic (exact) mass is 326 g/mol. The molecular weight excluding hydrogens is 307 g/mol. The van der Waals surface area contributed by atoms with Gasteiger partial charge in [0.25, 0.3) is 5.91 Å². The van der Waals surface area contributed by atoms with Crippen LogP contribution in [0.4, 0.5) is 4.39 Å². The Kier molecular flexibility index (Phi) is 5.80. The van der Waals surface area contributed by atoms with E-state index in [9.17, 15) is 9.18 Å². The Morgan fingerprint density at radius 1 is 1.45 bits per heavy atom. The number of amides is 1. The number of benzene rings is 1. The van der Waals surface area contributed by atoms with E-state index in [1.807, 2.05) is 6.08 Å². The summed E-state index contributed by atoms with van der Waals surface area (Å²) in [5.74, 6) is -0.206. The van der Waals surface area contributed by atoms with Gasteiger partial charge in [-0.1, -0.05) is 17.7 Å². The topological polar surface area (TPSA) is 32.8 Å². The van der Waals surface area contributed by atoms with Gasteiger partial charge in [-0.15, -0.1) is 6.58 Å². The lowest BCUT2D eigenvalue weighted by Gasteiger charge is -2.35. The Balaban J connectivity index is 1.91. The number of carbonyl (C=O) groups excluding carboxylic acids is 1. The quantitative estimate of drug-likeness (QED) is 0.780. The van der Waals surface area contributed by atoms with Crippen molar-refractivity contribution >= 4 is 17.5 Å². The fourth-order valence-corrected chi connectivity index (χ4v) is 2.61. The van der Waals surface area contributed by atoms with Crippen molar-refractivity contribution in [3.05, 3.63) is 41.7 Å². The van der Waals surface area contributed by atoms with Crippen molar-refractivity contribution in [2.24, 2.45) is 0 Å². The second-order valence-electron chi connectivity index (χ2n) is 5.25. The van der Waals surface area contributed by atoms with E-state index in [1.165, 1.54) is 18.2 Å². The van der Waals surface area contributed by atoms with Gasteiger partial charge in [-0.25, -0.2) is 4.39 Å². The summed E-state index contributed by atoms with van der Waals surface area (Å²) >= 11 is 5.91. The molecule has 0 spiro atoms. The molecule has 0 radical (unpaired) electrons. The van der Waals surface area contributed by atoms with Gasteiger partial charge in [-0.2, -0.15) is 0 Å². The second-order valence-corrected chi connectivity index (χ2v) is 5.66. The van der Waals surface area contributed by atoms with E-state index in [2.05, 4.69) is 11.5 Å². The van der Waals surface area contributed by atoms with Gasteiger partial charge in [-0.05, 0) is 25.1 Å². The van der Waals surface area contributed by atoms with E-state index in [0.29, 0.717) is 18.8 Å². The maximum atomic E-state index is 13.0. The predicted molar refractivity (Wildman–Crippen MR) is 84.7 cm³/mol. The molecule has 1 aromatic rings. The molecule has 6 heteroatoms. The standard InChI is InChI=1S/C16H20ClFN2O2/c1-3-6-19-7-9-20(10-8-19)16(21)12(2)22-15-5-4-13(18)11-14(15)17/h3-5,11-12H,1,6-10H2,2H3/t12-/m1/s1. The normalized spacial score (nSPS) is 17.1. The summed E-state index contributed by atoms with van der Waals surface area (Å²) in [5, 5.41) is 0.162. The minimum Gasteiger partial charge on any atom is -0.479 e. The molecule has 1 heterocycles. The minimum atomic E-state index is -0.658. The van der Waals surface area contributed by atoms with Crippen LogP contribution < -0.4 is 4.74 Å². The van der Waals surface area contributed by atoms with Crippen molar-refractivity contribution in [1.29, 1.82) is 0 Å². The molecule has 1 saturated heterocycles. The Morgan fingerprint density at radius 2 is 2.14 bits per heavy atom. The third-order valence-corrected chi connectivity index (χ3v) is 3.91. The zero-order valence-corrected chi connectivity index (χ0v) is 13.4. The van der Waals surface area contributed by atoms with Crippen LogP contribution in [0.5, 0.6) is 5.75 Å². The van der Waals surface area contributed by atoms with Crippen molar-refractivity contribution in [1.82, 2.24) is 9.80 Å². The van der Waals surface area contributed by atoms with E-state index in [-0.39, 0.29) is 10.9 Å². The first kappa shape index (κ1) is 16.8. The van der Waals surface area contributed by atoms with E-state index in [0.717, 1.165) is 19.6 Å². The summed E-state index contributed by atoms with van der Waals surface area (Å²) in [5.41, 5.74) is 0. The van der Waals surface area contributed by atoms with Crippen molar-refractivity contribution in [2.75, 3.05) is 32.7 Å². The highest BCUT2D eigenvalue weighted by atomic mass is 35.5. The van der Waals surface area contributed by atoms with E-state index < -0.39 is 11.9 Å². The smallest absolute Gasteiger partial charge is 0.263 e. The van der Waals surface area contributed by atoms with Gasteiger partial charge in [0.1, 0.15) is 11.6 Å². The molecule has 1 aromatic carbocycles. The lowest BCUT2D eigenvalue weighted by atomic mass is 10.2. The van der Waals surface area contributed by atoms with Crippen LogP contribution >= 0.6 is 11.6 Å². The number of hydrogen-bond acceptors (Lipinski definition) is 3. The third-order valence-electron chi connectivity index (χ3n) is 3.62. The van der Waals surface area contributed by atoms with Gasteiger partial charge in [0.05, 0.1) is 5.02 Å². The highest BCUT2D eigenvalue weighted by Gasteiger charge is 2.26. The van der Waals surface area contributed by atoms with E-state index in [1.54, 1.807) is 11.8 Å². The number of piperazine rings is 1. The molecule has 0 N–H and O–H groups in total. The SMILES string of the molecule is C=CCN1CCN(C(=O)[C@@H](C)Oc2ccc(F)cc2Cl)CC1. The van der Waals surface area contributed by atoms with Crippen LogP contribution in [0.3, 0.4) is 0 Å². The highest BCUT2D eigenvalue weighted by Crippen LogP contribution is 2.26. The molecule has 1 aliphatic rings. The Bertz CT molecular complexity index is 545. The summed E-state index contributed by atoms with van der Waals surface area (Å²) < 4.78 is 18.6. The first-order valence-electron chi connectivity index (χ1n) is 7.25. The molecule has 120 valence electrons. The van der Waals surface area contributed by atoms with Crippen LogP contribution in [-0.2, 0) is 4.79 Å². The number of rotatable bonds is 5. The van der Waals surface area contributed by atoms with Gasteiger partial charge < -0.3 is 9.64 Å². The molecule has 1 atom stereocenters. The molecule has 2 rings (SSSR count). The predicted octanol–water partition coefficient (Wildman–Crippen LogP) is 2.58. The van der Waals surface area contributed by atoms with Crippen LogP contribution in [0.25, 0.3) is 0 Å². The molecule has 1 amide bonds. The molecule has 0 aliphatic carbocycles. The number of hydrogen-bond donors (Lipinski definition) is 0. The molecule has 0 bridgehead atoms. The molecule has 22 heavy (non-hydrogen) atoms. The van der Waals surface area contributed by atoms with Crippen LogP contribution in [-0.4, -0.2) is 54.5 Å². The fraction of sp³-hybridized carbons (Fsp3) is 0.438. The number of halogens is 2. The van der Waals surface area contributed by atoms with E-state index in [4.69, 9.17) is 16.3 Å². The maximum Gasteiger partial charge on any atom is 0.263 e. The first-order chi connectivity index (χ1) is 10.5. The first-order valence-corrected chi connectivity index (χ1v) is 7.63. The molecule has 4 nitrogen and oxygen atoms in total. The van der Waals surface area contributed by atoms with Crippen molar-refractivity contribution in [2.45, 2.75) is 13.0 Å². The molecule has 0 aromatic heterocycles. The van der Waals surface area contributed by atoms with Crippen LogP contribution in [0.15, 0.2) is 30.9 Å². The lowest BCUT2D eigenvalue weighted by Crippen LogP contribution is -2.51. The minimum absolute atomic E-state index is 0.0846. The van der Waals surface area contributed by atoms with Crippen molar-refractivity contribution < 1.29 is 13.9 Å². The van der Waals surface area contributed by atoms with Gasteiger partial charge in [-0.3, -0.25) is 9.69 Å². The van der Waals surface area contributed by atoms with Gasteiger partial charge >= 0.3 is 0 Å². The number of nitrogens with zero attached hydrogens (tertiary/aromatic N) is 2. The van der Waals surface area contributed by atoms with Gasteiger partial charge in [0, 0.05) is 32.7 Å². The fourth-order valence-electron chi connectivity index (χ4n) is 2.40. The third kappa shape index (κ3) is 4.21. The van der Waals surface area contributed by atoms with Crippen molar-refractivity contribution in [3.63, 3.8) is 0 Å². The highest BCUT2D eigenvalue weighted by molar-refractivity contribution is 6.32. The van der Waals surface area contributed by atoms with Gasteiger partial charge in [0.15, 0.2) is 6.10 Å². The summed E-state index contributed by atoms with van der Waals surface area (Å²) in [6.07, 6.45) is 1.20. The number of carbonyl (C=O) groups is 1. The second kappa shape index (κ2) is 7.61. The average molecular weight is 327 g/mol. The maximum absolute atomic E-state index is 13.0. The zero-order chi connectivity index (χ0) is 16.1. The van der Waals surface area contributed by atoms with Gasteiger partial charge in [0.2, 0.25) is 0 Å². The largest absolute Gasteiger partial charge is 0.479 e. The molecule has 0 saturated carbocycles. The molecule has 1 aliphatic heterocycles. The summed E-state index contributed by atoms with van der Waals surface area (Å²) in [6.45, 7) is 9.20.